The fourth-order valence-electron chi connectivity index (χ4n) is 1.48. The summed E-state index contributed by atoms with van der Waals surface area (Å²) in [5.74, 6) is -0.493. The minimum absolute atomic E-state index is 0.0577. The summed E-state index contributed by atoms with van der Waals surface area (Å²) >= 11 is 0. The van der Waals surface area contributed by atoms with Crippen LogP contribution in [-0.2, 0) is 12.7 Å². The molecule has 18 heavy (non-hydrogen) atoms. The molecule has 0 fully saturated rings. The van der Waals surface area contributed by atoms with Gasteiger partial charge in [0.15, 0.2) is 0 Å². The highest BCUT2D eigenvalue weighted by atomic mass is 19.4. The van der Waals surface area contributed by atoms with Crippen molar-refractivity contribution in [1.29, 1.82) is 0 Å². The van der Waals surface area contributed by atoms with Crippen LogP contribution >= 0.6 is 0 Å². The van der Waals surface area contributed by atoms with Gasteiger partial charge in [0.2, 0.25) is 0 Å². The number of halogens is 4. The highest BCUT2D eigenvalue weighted by Gasteiger charge is 2.32. The van der Waals surface area contributed by atoms with E-state index in [-0.39, 0.29) is 12.2 Å². The van der Waals surface area contributed by atoms with Crippen molar-refractivity contribution in [1.82, 2.24) is 9.78 Å². The van der Waals surface area contributed by atoms with Crippen LogP contribution in [0.5, 0.6) is 0 Å². The summed E-state index contributed by atoms with van der Waals surface area (Å²) in [6.07, 6.45) is -2.81. The van der Waals surface area contributed by atoms with E-state index >= 15 is 0 Å². The molecule has 2 aromatic rings. The first-order chi connectivity index (χ1) is 8.36. The zero-order chi connectivity index (χ0) is 13.3. The highest BCUT2D eigenvalue weighted by molar-refractivity contribution is 5.46. The molecule has 0 spiro atoms. The minimum atomic E-state index is -4.42. The SMILES string of the molecule is Nc1cc(F)ccc1Cn1cc(C(F)(F)F)cn1. The summed E-state index contributed by atoms with van der Waals surface area (Å²) in [5.41, 5.74) is 5.42. The van der Waals surface area contributed by atoms with Gasteiger partial charge in [-0.3, -0.25) is 4.68 Å². The molecular weight excluding hydrogens is 250 g/mol. The lowest BCUT2D eigenvalue weighted by atomic mass is 10.2. The molecule has 2 rings (SSSR count). The van der Waals surface area contributed by atoms with Crippen LogP contribution in [0.3, 0.4) is 0 Å². The lowest BCUT2D eigenvalue weighted by Crippen LogP contribution is -2.05. The Bertz CT molecular complexity index is 560. The number of aromatic nitrogens is 2. The molecule has 0 aliphatic heterocycles. The van der Waals surface area contributed by atoms with Crippen LogP contribution in [0.15, 0.2) is 30.6 Å². The van der Waals surface area contributed by atoms with Crippen molar-refractivity contribution in [3.8, 4) is 0 Å². The number of hydrogen-bond acceptors (Lipinski definition) is 2. The van der Waals surface area contributed by atoms with E-state index < -0.39 is 17.6 Å². The van der Waals surface area contributed by atoms with Crippen LogP contribution in [0.1, 0.15) is 11.1 Å². The molecule has 0 bridgehead atoms. The summed E-state index contributed by atoms with van der Waals surface area (Å²) < 4.78 is 50.9. The van der Waals surface area contributed by atoms with E-state index in [0.717, 1.165) is 23.1 Å². The molecule has 0 radical (unpaired) electrons. The molecule has 0 saturated heterocycles. The first-order valence-electron chi connectivity index (χ1n) is 5.00. The van der Waals surface area contributed by atoms with Gasteiger partial charge in [-0.15, -0.1) is 0 Å². The third kappa shape index (κ3) is 2.61. The molecule has 1 aromatic heterocycles. The third-order valence-electron chi connectivity index (χ3n) is 2.40. The van der Waals surface area contributed by atoms with Gasteiger partial charge in [0.05, 0.1) is 18.3 Å². The zero-order valence-electron chi connectivity index (χ0n) is 9.08. The fraction of sp³-hybridized carbons (Fsp3) is 0.182. The molecule has 7 heteroatoms. The molecule has 0 atom stereocenters. The predicted molar refractivity (Wildman–Crippen MR) is 57.1 cm³/mol. The first kappa shape index (κ1) is 12.4. The van der Waals surface area contributed by atoms with Crippen molar-refractivity contribution >= 4 is 5.69 Å². The normalized spacial score (nSPS) is 11.8. The quantitative estimate of drug-likeness (QED) is 0.665. The summed E-state index contributed by atoms with van der Waals surface area (Å²) in [6.45, 7) is 0.0577. The van der Waals surface area contributed by atoms with E-state index in [2.05, 4.69) is 5.10 Å². The average Bonchev–Trinajstić information content (AvgIpc) is 2.70. The number of nitrogens with zero attached hydrogens (tertiary/aromatic N) is 2. The Kier molecular flexibility index (Phi) is 2.98. The number of alkyl halides is 3. The van der Waals surface area contributed by atoms with Crippen LogP contribution in [0.2, 0.25) is 0 Å². The van der Waals surface area contributed by atoms with Gasteiger partial charge >= 0.3 is 6.18 Å². The molecule has 3 nitrogen and oxygen atoms in total. The van der Waals surface area contributed by atoms with Gasteiger partial charge in [-0.2, -0.15) is 18.3 Å². The van der Waals surface area contributed by atoms with Crippen molar-refractivity contribution < 1.29 is 17.6 Å². The van der Waals surface area contributed by atoms with Gasteiger partial charge in [0, 0.05) is 11.9 Å². The average molecular weight is 259 g/mol. The Labute approximate surface area is 99.8 Å². The van der Waals surface area contributed by atoms with Gasteiger partial charge in [0.1, 0.15) is 5.82 Å². The molecule has 0 aliphatic rings. The topological polar surface area (TPSA) is 43.8 Å². The number of nitrogen functional groups attached to an aromatic ring is 1. The zero-order valence-corrected chi connectivity index (χ0v) is 9.08. The Morgan fingerprint density at radius 3 is 2.56 bits per heavy atom. The molecular formula is C11H9F4N3. The van der Waals surface area contributed by atoms with Crippen molar-refractivity contribution in [2.45, 2.75) is 12.7 Å². The molecule has 0 unspecified atom stereocenters. The molecule has 0 amide bonds. The van der Waals surface area contributed by atoms with E-state index in [1.807, 2.05) is 0 Å². The van der Waals surface area contributed by atoms with E-state index in [1.165, 1.54) is 12.1 Å². The Hall–Kier alpha value is -2.05. The number of anilines is 1. The smallest absolute Gasteiger partial charge is 0.398 e. The largest absolute Gasteiger partial charge is 0.419 e. The van der Waals surface area contributed by atoms with Crippen LogP contribution in [0, 0.1) is 5.82 Å². The van der Waals surface area contributed by atoms with Gasteiger partial charge < -0.3 is 5.73 Å². The van der Waals surface area contributed by atoms with E-state index in [1.54, 1.807) is 0 Å². The van der Waals surface area contributed by atoms with Gasteiger partial charge in [-0.05, 0) is 17.7 Å². The maximum Gasteiger partial charge on any atom is 0.419 e. The molecule has 96 valence electrons. The maximum absolute atomic E-state index is 12.8. The van der Waals surface area contributed by atoms with E-state index in [9.17, 15) is 17.6 Å². The van der Waals surface area contributed by atoms with Crippen LogP contribution < -0.4 is 5.73 Å². The van der Waals surface area contributed by atoms with E-state index in [4.69, 9.17) is 5.73 Å². The maximum atomic E-state index is 12.8. The summed E-state index contributed by atoms with van der Waals surface area (Å²) in [6, 6.07) is 3.73. The first-order valence-corrected chi connectivity index (χ1v) is 5.00. The third-order valence-corrected chi connectivity index (χ3v) is 2.40. The number of rotatable bonds is 2. The predicted octanol–water partition coefficient (Wildman–Crippen LogP) is 2.67. The lowest BCUT2D eigenvalue weighted by molar-refractivity contribution is -0.137. The summed E-state index contributed by atoms with van der Waals surface area (Å²) in [5, 5.41) is 3.59. The van der Waals surface area contributed by atoms with Crippen LogP contribution in [0.4, 0.5) is 23.2 Å². The van der Waals surface area contributed by atoms with Crippen molar-refractivity contribution in [3.05, 3.63) is 47.5 Å². The molecule has 0 saturated carbocycles. The second-order valence-corrected chi connectivity index (χ2v) is 3.77. The molecule has 0 aliphatic carbocycles. The minimum Gasteiger partial charge on any atom is -0.398 e. The number of nitrogens with two attached hydrogens (primary N) is 1. The van der Waals surface area contributed by atoms with Crippen LogP contribution in [-0.4, -0.2) is 9.78 Å². The van der Waals surface area contributed by atoms with Crippen molar-refractivity contribution in [3.63, 3.8) is 0 Å². The van der Waals surface area contributed by atoms with E-state index in [0.29, 0.717) is 5.56 Å². The Morgan fingerprint density at radius 1 is 1.28 bits per heavy atom. The molecule has 2 N–H and O–H groups in total. The van der Waals surface area contributed by atoms with Crippen molar-refractivity contribution in [2.24, 2.45) is 0 Å². The number of hydrogen-bond donors (Lipinski definition) is 1. The van der Waals surface area contributed by atoms with Crippen molar-refractivity contribution in [2.75, 3.05) is 5.73 Å². The standard InChI is InChI=1S/C11H9F4N3/c12-9-2-1-7(10(16)3-9)5-18-6-8(4-17-18)11(13,14)15/h1-4,6H,5,16H2. The van der Waals surface area contributed by atoms with Gasteiger partial charge in [0.25, 0.3) is 0 Å². The summed E-state index contributed by atoms with van der Waals surface area (Å²) in [7, 11) is 0. The second-order valence-electron chi connectivity index (χ2n) is 3.77. The lowest BCUT2D eigenvalue weighted by Gasteiger charge is -2.06. The Morgan fingerprint density at radius 2 is 2.00 bits per heavy atom. The van der Waals surface area contributed by atoms with Crippen LogP contribution in [0.25, 0.3) is 0 Å². The van der Waals surface area contributed by atoms with Gasteiger partial charge in [-0.25, -0.2) is 4.39 Å². The van der Waals surface area contributed by atoms with Gasteiger partial charge in [-0.1, -0.05) is 6.07 Å². The monoisotopic (exact) mass is 259 g/mol. The molecule has 1 heterocycles. The fourth-order valence-corrected chi connectivity index (χ4v) is 1.48. The Balaban J connectivity index is 2.21. The molecule has 1 aromatic carbocycles. The second kappa shape index (κ2) is 4.32. The highest BCUT2D eigenvalue weighted by Crippen LogP contribution is 2.28. The summed E-state index contributed by atoms with van der Waals surface area (Å²) in [4.78, 5) is 0. The number of benzene rings is 1.